The predicted octanol–water partition coefficient (Wildman–Crippen LogP) is 2.80. The summed E-state index contributed by atoms with van der Waals surface area (Å²) < 4.78 is 14.0. The first kappa shape index (κ1) is 14.8. The lowest BCUT2D eigenvalue weighted by Crippen LogP contribution is -2.33. The average Bonchev–Trinajstić information content (AvgIpc) is 3.40. The fraction of sp³-hybridized carbons (Fsp3) is 0.278. The maximum absolute atomic E-state index is 14.0. The summed E-state index contributed by atoms with van der Waals surface area (Å²) >= 11 is 0. The maximum atomic E-state index is 14.0. The van der Waals surface area contributed by atoms with Crippen LogP contribution in [0.1, 0.15) is 24.4 Å². The van der Waals surface area contributed by atoms with Gasteiger partial charge in [0.05, 0.1) is 0 Å². The molecule has 2 aliphatic rings. The smallest absolute Gasteiger partial charge is 0.256 e. The van der Waals surface area contributed by atoms with Gasteiger partial charge in [0.2, 0.25) is 11.9 Å². The molecule has 1 saturated carbocycles. The topological polar surface area (TPSA) is 60.3 Å². The van der Waals surface area contributed by atoms with Gasteiger partial charge in [0.15, 0.2) is 0 Å². The first-order chi connectivity index (χ1) is 11.6. The van der Waals surface area contributed by atoms with E-state index >= 15 is 0 Å². The largest absolute Gasteiger partial charge is 0.323 e. The van der Waals surface area contributed by atoms with Crippen LogP contribution in [0.25, 0.3) is 11.1 Å². The van der Waals surface area contributed by atoms with Gasteiger partial charge in [0.1, 0.15) is 6.04 Å². The van der Waals surface area contributed by atoms with Crippen LogP contribution in [0.5, 0.6) is 0 Å². The summed E-state index contributed by atoms with van der Waals surface area (Å²) in [6.07, 6.45) is 3.40. The van der Waals surface area contributed by atoms with Crippen molar-refractivity contribution in [3.05, 3.63) is 54.1 Å². The molecule has 0 radical (unpaired) electrons. The Hall–Kier alpha value is -2.76. The van der Waals surface area contributed by atoms with Crippen molar-refractivity contribution < 1.29 is 9.18 Å². The highest BCUT2D eigenvalue weighted by atomic mass is 19.1. The van der Waals surface area contributed by atoms with E-state index in [0.29, 0.717) is 11.1 Å². The molecule has 1 N–H and O–H groups in total. The summed E-state index contributed by atoms with van der Waals surface area (Å²) in [4.78, 5) is 19.6. The van der Waals surface area contributed by atoms with Gasteiger partial charge in [-0.25, -0.2) is 4.98 Å². The highest BCUT2D eigenvalue weighted by molar-refractivity contribution is 6.05. The van der Waals surface area contributed by atoms with Gasteiger partial charge >= 0.3 is 0 Å². The van der Waals surface area contributed by atoms with Crippen LogP contribution in [0.4, 0.5) is 4.39 Å². The molecule has 0 bridgehead atoms. The quantitative estimate of drug-likeness (QED) is 0.883. The lowest BCUT2D eigenvalue weighted by atomic mass is 9.99. The van der Waals surface area contributed by atoms with E-state index in [4.69, 9.17) is 5.41 Å². The molecule has 4 rings (SSSR count). The van der Waals surface area contributed by atoms with Crippen molar-refractivity contribution in [3.63, 3.8) is 0 Å². The number of nitrogens with one attached hydrogen (secondary N) is 1. The Bertz CT molecular complexity index is 833. The Morgan fingerprint density at radius 3 is 2.75 bits per heavy atom. The second-order valence-electron chi connectivity index (χ2n) is 6.23. The molecule has 5 nitrogen and oxygen atoms in total. The van der Waals surface area contributed by atoms with Crippen LogP contribution in [0.15, 0.2) is 42.6 Å². The van der Waals surface area contributed by atoms with Crippen LogP contribution in [0, 0.1) is 11.4 Å². The number of carbonyl (C=O) groups is 1. The minimum Gasteiger partial charge on any atom is -0.323 e. The van der Waals surface area contributed by atoms with Crippen molar-refractivity contribution in [2.45, 2.75) is 24.9 Å². The van der Waals surface area contributed by atoms with E-state index in [1.807, 2.05) is 23.1 Å². The third kappa shape index (κ3) is 2.26. The average molecular weight is 324 g/mol. The molecule has 1 unspecified atom stereocenters. The molecule has 6 heteroatoms. The number of rotatable bonds is 3. The van der Waals surface area contributed by atoms with Gasteiger partial charge < -0.3 is 4.90 Å². The van der Waals surface area contributed by atoms with E-state index in [1.165, 1.54) is 11.1 Å². The van der Waals surface area contributed by atoms with Crippen LogP contribution in [-0.4, -0.2) is 39.7 Å². The SMILES string of the molecule is CN1C(=N)N(C2CC2)C(c2cccc(-c3cccnc3F)c2)C1=O. The number of pyridine rings is 1. The van der Waals surface area contributed by atoms with Gasteiger partial charge in [-0.3, -0.25) is 15.1 Å². The van der Waals surface area contributed by atoms with Crippen molar-refractivity contribution >= 4 is 11.9 Å². The van der Waals surface area contributed by atoms with Crippen LogP contribution in [0.3, 0.4) is 0 Å². The third-order valence-corrected chi connectivity index (χ3v) is 4.62. The molecule has 1 aromatic carbocycles. The van der Waals surface area contributed by atoms with Gasteiger partial charge in [0, 0.05) is 24.8 Å². The molecule has 1 aliphatic heterocycles. The number of nitrogens with zero attached hydrogens (tertiary/aromatic N) is 3. The zero-order valence-corrected chi connectivity index (χ0v) is 13.2. The molecule has 2 aromatic rings. The van der Waals surface area contributed by atoms with Gasteiger partial charge in [-0.15, -0.1) is 0 Å². The second-order valence-corrected chi connectivity index (χ2v) is 6.23. The Kier molecular flexibility index (Phi) is 3.33. The van der Waals surface area contributed by atoms with E-state index in [9.17, 15) is 9.18 Å². The first-order valence-corrected chi connectivity index (χ1v) is 7.93. The number of likely N-dealkylation sites (N-methyl/N-ethyl adjacent to an activating group) is 1. The molecule has 1 atom stereocenters. The monoisotopic (exact) mass is 324 g/mol. The molecule has 1 saturated heterocycles. The Labute approximate surface area is 139 Å². The molecule has 2 heterocycles. The lowest BCUT2D eigenvalue weighted by molar-refractivity contribution is -0.127. The molecule has 2 fully saturated rings. The molecule has 1 amide bonds. The molecule has 122 valence electrons. The predicted molar refractivity (Wildman–Crippen MR) is 87.7 cm³/mol. The number of amides is 1. The van der Waals surface area contributed by atoms with E-state index in [0.717, 1.165) is 18.4 Å². The second kappa shape index (κ2) is 5.40. The molecular formula is C18H17FN4O. The lowest BCUT2D eigenvalue weighted by Gasteiger charge is -2.23. The summed E-state index contributed by atoms with van der Waals surface area (Å²) in [5.41, 5.74) is 1.87. The summed E-state index contributed by atoms with van der Waals surface area (Å²) in [7, 11) is 1.63. The van der Waals surface area contributed by atoms with Crippen LogP contribution < -0.4 is 0 Å². The summed E-state index contributed by atoms with van der Waals surface area (Å²) in [5, 5.41) is 8.21. The zero-order valence-electron chi connectivity index (χ0n) is 13.2. The highest BCUT2D eigenvalue weighted by Gasteiger charge is 2.48. The summed E-state index contributed by atoms with van der Waals surface area (Å²) in [6, 6.07) is 10.4. The van der Waals surface area contributed by atoms with Crippen molar-refractivity contribution in [2.24, 2.45) is 0 Å². The number of halogens is 1. The number of benzene rings is 1. The maximum Gasteiger partial charge on any atom is 0.256 e. The molecule has 1 aliphatic carbocycles. The van der Waals surface area contributed by atoms with Crippen molar-refractivity contribution in [2.75, 3.05) is 7.05 Å². The molecular weight excluding hydrogens is 307 g/mol. The number of guanidine groups is 1. The van der Waals surface area contributed by atoms with Gasteiger partial charge in [0.25, 0.3) is 5.91 Å². The zero-order chi connectivity index (χ0) is 16.8. The third-order valence-electron chi connectivity index (χ3n) is 4.62. The van der Waals surface area contributed by atoms with E-state index in [2.05, 4.69) is 4.98 Å². The van der Waals surface area contributed by atoms with E-state index < -0.39 is 12.0 Å². The minimum atomic E-state index is -0.531. The fourth-order valence-corrected chi connectivity index (χ4v) is 3.22. The number of carbonyl (C=O) groups excluding carboxylic acids is 1. The first-order valence-electron chi connectivity index (χ1n) is 7.93. The highest BCUT2D eigenvalue weighted by Crippen LogP contribution is 2.40. The molecule has 0 spiro atoms. The summed E-state index contributed by atoms with van der Waals surface area (Å²) in [5.74, 6) is -0.405. The van der Waals surface area contributed by atoms with E-state index in [1.54, 1.807) is 25.2 Å². The van der Waals surface area contributed by atoms with Gasteiger partial charge in [-0.2, -0.15) is 4.39 Å². The number of hydrogen-bond acceptors (Lipinski definition) is 3. The van der Waals surface area contributed by atoms with Gasteiger partial charge in [-0.05, 0) is 42.2 Å². The molecule has 24 heavy (non-hydrogen) atoms. The Morgan fingerprint density at radius 1 is 1.25 bits per heavy atom. The Balaban J connectivity index is 1.77. The standard InChI is InChI=1S/C18H17FN4O/c1-22-17(24)15(23(18(22)20)13-7-8-13)12-5-2-4-11(10-12)14-6-3-9-21-16(14)19/h2-6,9-10,13,15,20H,7-8H2,1H3. The van der Waals surface area contributed by atoms with Crippen LogP contribution in [0.2, 0.25) is 0 Å². The van der Waals surface area contributed by atoms with Crippen LogP contribution in [-0.2, 0) is 4.79 Å². The number of hydrogen-bond donors (Lipinski definition) is 1. The van der Waals surface area contributed by atoms with Crippen LogP contribution >= 0.6 is 0 Å². The van der Waals surface area contributed by atoms with Gasteiger partial charge in [-0.1, -0.05) is 18.2 Å². The fourth-order valence-electron chi connectivity index (χ4n) is 3.22. The molecule has 1 aromatic heterocycles. The minimum absolute atomic E-state index is 0.115. The van der Waals surface area contributed by atoms with Crippen molar-refractivity contribution in [1.82, 2.24) is 14.8 Å². The normalized spacial score (nSPS) is 20.8. The summed E-state index contributed by atoms with van der Waals surface area (Å²) in [6.45, 7) is 0. The van der Waals surface area contributed by atoms with Crippen molar-refractivity contribution in [3.8, 4) is 11.1 Å². The number of aromatic nitrogens is 1. The van der Waals surface area contributed by atoms with Crippen molar-refractivity contribution in [1.29, 1.82) is 5.41 Å². The van der Waals surface area contributed by atoms with E-state index in [-0.39, 0.29) is 17.9 Å². The Morgan fingerprint density at radius 2 is 2.04 bits per heavy atom.